The number of nitrogens with one attached hydrogen (secondary N) is 1. The largest absolute Gasteiger partial charge is 0.369 e. The quantitative estimate of drug-likeness (QED) is 0.439. The Morgan fingerprint density at radius 2 is 1.94 bits per heavy atom. The van der Waals surface area contributed by atoms with Crippen molar-refractivity contribution in [2.45, 2.75) is 71.8 Å². The second kappa shape index (κ2) is 10.5. The lowest BCUT2D eigenvalue weighted by Crippen LogP contribution is -2.37. The number of rotatable bonds is 8. The minimum absolute atomic E-state index is 0.0276. The lowest BCUT2D eigenvalue weighted by atomic mass is 9.92. The number of aromatic nitrogens is 1. The summed E-state index contributed by atoms with van der Waals surface area (Å²) in [5, 5.41) is 4.23. The fourth-order valence-corrected chi connectivity index (χ4v) is 5.89. The molecular formula is C27H35N3OS. The van der Waals surface area contributed by atoms with E-state index >= 15 is 0 Å². The number of carbonyl (C=O) groups is 1. The van der Waals surface area contributed by atoms with Crippen molar-refractivity contribution in [1.82, 2.24) is 10.3 Å². The maximum absolute atomic E-state index is 13.2. The van der Waals surface area contributed by atoms with Gasteiger partial charge >= 0.3 is 0 Å². The van der Waals surface area contributed by atoms with Crippen molar-refractivity contribution in [2.75, 3.05) is 18.0 Å². The molecule has 0 saturated heterocycles. The van der Waals surface area contributed by atoms with Gasteiger partial charge in [-0.05, 0) is 68.5 Å². The zero-order chi connectivity index (χ0) is 22.5. The molecule has 3 aromatic rings. The number of carbonyl (C=O) groups excluding carboxylic acids is 1. The average Bonchev–Trinajstić information content (AvgIpc) is 3.24. The Morgan fingerprint density at radius 3 is 2.66 bits per heavy atom. The molecule has 0 bridgehead atoms. The van der Waals surface area contributed by atoms with E-state index in [0.29, 0.717) is 12.6 Å². The highest BCUT2D eigenvalue weighted by Gasteiger charge is 2.24. The van der Waals surface area contributed by atoms with Crippen LogP contribution in [-0.4, -0.2) is 30.0 Å². The van der Waals surface area contributed by atoms with E-state index in [2.05, 4.69) is 54.2 Å². The lowest BCUT2D eigenvalue weighted by Gasteiger charge is -2.37. The molecular weight excluding hydrogens is 414 g/mol. The number of hydrogen-bond donors (Lipinski definition) is 1. The number of benzene rings is 2. The van der Waals surface area contributed by atoms with E-state index < -0.39 is 0 Å². The number of para-hydroxylation sites is 1. The van der Waals surface area contributed by atoms with Crippen molar-refractivity contribution >= 4 is 33.1 Å². The lowest BCUT2D eigenvalue weighted by molar-refractivity contribution is 0.0953. The molecule has 2 aromatic carbocycles. The molecule has 32 heavy (non-hydrogen) atoms. The Balaban J connectivity index is 1.49. The van der Waals surface area contributed by atoms with Crippen LogP contribution < -0.4 is 10.2 Å². The standard InChI is InChI=1S/C27H35N3OS/c1-4-20-17-22(19(3)24(18-20)30(5-2)21-11-7-6-8-12-21)27(31)28-16-15-26-29-23-13-9-10-14-25(23)32-26/h9-10,13-14,17-18,21H,4-8,11-12,15-16H2,1-3H3,(H,28,31). The molecule has 170 valence electrons. The molecule has 5 heteroatoms. The van der Waals surface area contributed by atoms with E-state index in [0.717, 1.165) is 41.0 Å². The zero-order valence-electron chi connectivity index (χ0n) is 19.6. The molecule has 0 spiro atoms. The fourth-order valence-electron chi connectivity index (χ4n) is 4.92. The smallest absolute Gasteiger partial charge is 0.251 e. The van der Waals surface area contributed by atoms with Crippen LogP contribution >= 0.6 is 11.3 Å². The van der Waals surface area contributed by atoms with Crippen molar-refractivity contribution in [3.05, 3.63) is 58.1 Å². The van der Waals surface area contributed by atoms with Gasteiger partial charge in [-0.3, -0.25) is 4.79 Å². The molecule has 4 rings (SSSR count). The van der Waals surface area contributed by atoms with Gasteiger partial charge in [0.15, 0.2) is 0 Å². The van der Waals surface area contributed by atoms with E-state index in [-0.39, 0.29) is 5.91 Å². The Kier molecular flexibility index (Phi) is 7.46. The summed E-state index contributed by atoms with van der Waals surface area (Å²) in [5.74, 6) is 0.0276. The highest BCUT2D eigenvalue weighted by Crippen LogP contribution is 2.32. The SMILES string of the molecule is CCc1cc(C(=O)NCCc2nc3ccccc3s2)c(C)c(N(CC)C2CCCCC2)c1. The van der Waals surface area contributed by atoms with Crippen molar-refractivity contribution < 1.29 is 4.79 Å². The first kappa shape index (κ1) is 22.8. The molecule has 0 unspecified atom stereocenters. The molecule has 0 atom stereocenters. The third-order valence-corrected chi connectivity index (χ3v) is 7.82. The minimum atomic E-state index is 0.0276. The number of aryl methyl sites for hydroxylation is 1. The predicted octanol–water partition coefficient (Wildman–Crippen LogP) is 6.30. The predicted molar refractivity (Wildman–Crippen MR) is 136 cm³/mol. The summed E-state index contributed by atoms with van der Waals surface area (Å²) in [7, 11) is 0. The van der Waals surface area contributed by atoms with Gasteiger partial charge < -0.3 is 10.2 Å². The summed E-state index contributed by atoms with van der Waals surface area (Å²) < 4.78 is 1.20. The van der Waals surface area contributed by atoms with Gasteiger partial charge in [0, 0.05) is 36.8 Å². The van der Waals surface area contributed by atoms with E-state index in [9.17, 15) is 4.79 Å². The third-order valence-electron chi connectivity index (χ3n) is 6.72. The Labute approximate surface area is 196 Å². The fraction of sp³-hybridized carbons (Fsp3) is 0.481. The van der Waals surface area contributed by atoms with E-state index in [1.165, 1.54) is 48.1 Å². The molecule has 1 amide bonds. The molecule has 1 aliphatic rings. The number of fused-ring (bicyclic) bond motifs is 1. The monoisotopic (exact) mass is 449 g/mol. The normalized spacial score (nSPS) is 14.6. The molecule has 1 aromatic heterocycles. The molecule has 0 radical (unpaired) electrons. The number of thiazole rings is 1. The molecule has 1 aliphatic carbocycles. The van der Waals surface area contributed by atoms with E-state index in [4.69, 9.17) is 0 Å². The van der Waals surface area contributed by atoms with Gasteiger partial charge in [0.2, 0.25) is 0 Å². The van der Waals surface area contributed by atoms with Gasteiger partial charge in [0.05, 0.1) is 15.2 Å². The van der Waals surface area contributed by atoms with Crippen LogP contribution in [0.4, 0.5) is 5.69 Å². The first-order chi connectivity index (χ1) is 15.6. The van der Waals surface area contributed by atoms with Gasteiger partial charge in [-0.25, -0.2) is 4.98 Å². The van der Waals surface area contributed by atoms with Gasteiger partial charge in [-0.15, -0.1) is 11.3 Å². The van der Waals surface area contributed by atoms with Crippen LogP contribution in [0, 0.1) is 6.92 Å². The summed E-state index contributed by atoms with van der Waals surface area (Å²) in [6.07, 6.45) is 8.18. The maximum Gasteiger partial charge on any atom is 0.251 e. The van der Waals surface area contributed by atoms with Gasteiger partial charge in [0.25, 0.3) is 5.91 Å². The second-order valence-electron chi connectivity index (χ2n) is 8.80. The van der Waals surface area contributed by atoms with Crippen molar-refractivity contribution in [3.8, 4) is 0 Å². The highest BCUT2D eigenvalue weighted by atomic mass is 32.1. The molecule has 1 N–H and O–H groups in total. The summed E-state index contributed by atoms with van der Waals surface area (Å²) in [6, 6.07) is 13.2. The van der Waals surface area contributed by atoms with Crippen molar-refractivity contribution in [1.29, 1.82) is 0 Å². The maximum atomic E-state index is 13.2. The molecule has 0 aliphatic heterocycles. The highest BCUT2D eigenvalue weighted by molar-refractivity contribution is 7.18. The number of amides is 1. The van der Waals surface area contributed by atoms with Crippen molar-refractivity contribution in [2.24, 2.45) is 0 Å². The minimum Gasteiger partial charge on any atom is -0.369 e. The van der Waals surface area contributed by atoms with Crippen LogP contribution in [0.3, 0.4) is 0 Å². The van der Waals surface area contributed by atoms with Crippen LogP contribution in [0.5, 0.6) is 0 Å². The molecule has 4 nitrogen and oxygen atoms in total. The Morgan fingerprint density at radius 1 is 1.16 bits per heavy atom. The number of hydrogen-bond acceptors (Lipinski definition) is 4. The van der Waals surface area contributed by atoms with Crippen LogP contribution in [-0.2, 0) is 12.8 Å². The van der Waals surface area contributed by atoms with Gasteiger partial charge in [-0.1, -0.05) is 38.3 Å². The third kappa shape index (κ3) is 4.98. The summed E-state index contributed by atoms with van der Waals surface area (Å²) >= 11 is 1.71. The van der Waals surface area contributed by atoms with Gasteiger partial charge in [-0.2, -0.15) is 0 Å². The van der Waals surface area contributed by atoms with Crippen LogP contribution in [0.2, 0.25) is 0 Å². The van der Waals surface area contributed by atoms with Crippen LogP contribution in [0.15, 0.2) is 36.4 Å². The zero-order valence-corrected chi connectivity index (χ0v) is 20.4. The molecule has 1 heterocycles. The van der Waals surface area contributed by atoms with Crippen LogP contribution in [0.1, 0.15) is 72.4 Å². The van der Waals surface area contributed by atoms with Gasteiger partial charge in [0.1, 0.15) is 0 Å². The topological polar surface area (TPSA) is 45.2 Å². The summed E-state index contributed by atoms with van der Waals surface area (Å²) in [6.45, 7) is 8.11. The van der Waals surface area contributed by atoms with Crippen molar-refractivity contribution in [3.63, 3.8) is 0 Å². The Bertz CT molecular complexity index is 1030. The first-order valence-electron chi connectivity index (χ1n) is 12.1. The van der Waals surface area contributed by atoms with Crippen LogP contribution in [0.25, 0.3) is 10.2 Å². The molecule has 1 fully saturated rings. The summed E-state index contributed by atoms with van der Waals surface area (Å²) in [4.78, 5) is 20.4. The van der Waals surface area contributed by atoms with E-state index in [1.54, 1.807) is 11.3 Å². The number of nitrogens with zero attached hydrogens (tertiary/aromatic N) is 2. The summed E-state index contributed by atoms with van der Waals surface area (Å²) in [5.41, 5.74) is 5.44. The Hall–Kier alpha value is -2.40. The van der Waals surface area contributed by atoms with E-state index in [1.807, 2.05) is 18.2 Å². The number of anilines is 1. The second-order valence-corrected chi connectivity index (χ2v) is 9.92. The molecule has 1 saturated carbocycles. The average molecular weight is 450 g/mol. The first-order valence-corrected chi connectivity index (χ1v) is 12.9.